The zero-order valence-electron chi connectivity index (χ0n) is 16.9. The summed E-state index contributed by atoms with van der Waals surface area (Å²) in [5.41, 5.74) is 3.62. The maximum Gasteiger partial charge on any atom is 0.225 e. The molecule has 0 saturated carbocycles. The van der Waals surface area contributed by atoms with Gasteiger partial charge in [-0.05, 0) is 32.1 Å². The van der Waals surface area contributed by atoms with E-state index in [1.807, 2.05) is 23.1 Å². The Morgan fingerprint density at radius 1 is 0.966 bits per heavy atom. The van der Waals surface area contributed by atoms with Crippen molar-refractivity contribution in [1.82, 2.24) is 20.2 Å². The van der Waals surface area contributed by atoms with Crippen LogP contribution in [-0.2, 0) is 17.6 Å². The lowest BCUT2D eigenvalue weighted by Gasteiger charge is -2.36. The summed E-state index contributed by atoms with van der Waals surface area (Å²) < 4.78 is 0. The minimum absolute atomic E-state index is 0.160. The minimum atomic E-state index is 0.160. The van der Waals surface area contributed by atoms with Gasteiger partial charge in [-0.3, -0.25) is 4.79 Å². The number of piperidine rings is 1. The van der Waals surface area contributed by atoms with Gasteiger partial charge in [-0.15, -0.1) is 0 Å². The molecule has 5 rings (SSSR count). The predicted molar refractivity (Wildman–Crippen MR) is 114 cm³/mol. The molecule has 0 atom stereocenters. The number of hydrogen-bond acceptors (Lipinski definition) is 5. The van der Waals surface area contributed by atoms with Crippen LogP contribution in [0, 0.1) is 5.92 Å². The van der Waals surface area contributed by atoms with Crippen molar-refractivity contribution in [2.24, 2.45) is 5.92 Å². The molecule has 1 N–H and O–H groups in total. The van der Waals surface area contributed by atoms with Crippen molar-refractivity contribution >= 4 is 11.7 Å². The Morgan fingerprint density at radius 2 is 1.72 bits per heavy atom. The molecular weight excluding hydrogens is 362 g/mol. The number of nitrogens with one attached hydrogen (secondary N) is 1. The van der Waals surface area contributed by atoms with Crippen molar-refractivity contribution in [3.05, 3.63) is 41.6 Å². The molecule has 1 amide bonds. The molecule has 2 aromatic rings. The standard InChI is InChI=1S/C23H29N5O/c29-23(28-15-11-24-12-16-28)18-9-13-27(14-10-18)22-19-7-4-8-20(19)25-21(26-22)17-5-2-1-3-6-17/h1-3,5-6,18,24H,4,7-16H2. The highest BCUT2D eigenvalue weighted by Gasteiger charge is 2.31. The number of hydrogen-bond donors (Lipinski definition) is 1. The van der Waals surface area contributed by atoms with Crippen LogP contribution in [0.4, 0.5) is 5.82 Å². The molecule has 2 saturated heterocycles. The lowest BCUT2D eigenvalue weighted by molar-refractivity contribution is -0.136. The smallest absolute Gasteiger partial charge is 0.225 e. The largest absolute Gasteiger partial charge is 0.356 e. The number of aryl methyl sites for hydroxylation is 1. The topological polar surface area (TPSA) is 61.4 Å². The van der Waals surface area contributed by atoms with Gasteiger partial charge in [0, 0.05) is 62.0 Å². The molecule has 0 bridgehead atoms. The average Bonchev–Trinajstić information content (AvgIpc) is 3.28. The van der Waals surface area contributed by atoms with Gasteiger partial charge in [-0.2, -0.15) is 0 Å². The van der Waals surface area contributed by atoms with Crippen LogP contribution in [0.1, 0.15) is 30.5 Å². The summed E-state index contributed by atoms with van der Waals surface area (Å²) in [4.78, 5) is 27.2. The van der Waals surface area contributed by atoms with Crippen LogP contribution in [-0.4, -0.2) is 60.0 Å². The van der Waals surface area contributed by atoms with Gasteiger partial charge < -0.3 is 15.1 Å². The van der Waals surface area contributed by atoms with Gasteiger partial charge in [0.15, 0.2) is 5.82 Å². The summed E-state index contributed by atoms with van der Waals surface area (Å²) >= 11 is 0. The summed E-state index contributed by atoms with van der Waals surface area (Å²) in [6.07, 6.45) is 5.11. The Bertz CT molecular complexity index is 870. The van der Waals surface area contributed by atoms with Crippen LogP contribution >= 0.6 is 0 Å². The Kier molecular flexibility index (Phi) is 5.19. The number of anilines is 1. The van der Waals surface area contributed by atoms with Gasteiger partial charge in [0.25, 0.3) is 0 Å². The zero-order valence-corrected chi connectivity index (χ0v) is 16.9. The quantitative estimate of drug-likeness (QED) is 0.870. The Morgan fingerprint density at radius 3 is 2.48 bits per heavy atom. The molecule has 1 aliphatic carbocycles. The van der Waals surface area contributed by atoms with Crippen molar-refractivity contribution in [3.8, 4) is 11.4 Å². The van der Waals surface area contributed by atoms with Crippen molar-refractivity contribution in [1.29, 1.82) is 0 Å². The molecule has 2 aliphatic heterocycles. The number of rotatable bonds is 3. The molecular formula is C23H29N5O. The van der Waals surface area contributed by atoms with Gasteiger partial charge in [0.1, 0.15) is 5.82 Å². The molecule has 29 heavy (non-hydrogen) atoms. The van der Waals surface area contributed by atoms with Crippen LogP contribution in [0.3, 0.4) is 0 Å². The van der Waals surface area contributed by atoms with Crippen LogP contribution in [0.15, 0.2) is 30.3 Å². The van der Waals surface area contributed by atoms with E-state index in [1.54, 1.807) is 0 Å². The fourth-order valence-corrected chi connectivity index (χ4v) is 4.87. The van der Waals surface area contributed by atoms with Gasteiger partial charge in [-0.25, -0.2) is 9.97 Å². The molecule has 2 fully saturated rings. The Balaban J connectivity index is 1.34. The Hall–Kier alpha value is -2.47. The monoisotopic (exact) mass is 391 g/mol. The minimum Gasteiger partial charge on any atom is -0.356 e. The van der Waals surface area contributed by atoms with Crippen LogP contribution < -0.4 is 10.2 Å². The summed E-state index contributed by atoms with van der Waals surface area (Å²) in [6.45, 7) is 5.33. The summed E-state index contributed by atoms with van der Waals surface area (Å²) in [5.74, 6) is 2.46. The van der Waals surface area contributed by atoms with Crippen molar-refractivity contribution in [3.63, 3.8) is 0 Å². The molecule has 0 radical (unpaired) electrons. The van der Waals surface area contributed by atoms with E-state index in [-0.39, 0.29) is 5.92 Å². The van der Waals surface area contributed by atoms with Crippen LogP contribution in [0.25, 0.3) is 11.4 Å². The third-order valence-corrected chi connectivity index (χ3v) is 6.52. The van der Waals surface area contributed by atoms with E-state index in [9.17, 15) is 4.79 Å². The first-order chi connectivity index (χ1) is 14.3. The third-order valence-electron chi connectivity index (χ3n) is 6.52. The highest BCUT2D eigenvalue weighted by molar-refractivity contribution is 5.79. The summed E-state index contributed by atoms with van der Waals surface area (Å²) in [5, 5.41) is 3.33. The van der Waals surface area contributed by atoms with Crippen molar-refractivity contribution < 1.29 is 4.79 Å². The second kappa shape index (κ2) is 8.11. The van der Waals surface area contributed by atoms with E-state index in [1.165, 1.54) is 11.3 Å². The summed E-state index contributed by atoms with van der Waals surface area (Å²) in [7, 11) is 0. The predicted octanol–water partition coefficient (Wildman–Crippen LogP) is 2.28. The second-order valence-corrected chi connectivity index (χ2v) is 8.35. The van der Waals surface area contributed by atoms with E-state index in [4.69, 9.17) is 9.97 Å². The number of benzene rings is 1. The molecule has 1 aromatic carbocycles. The molecule has 152 valence electrons. The first kappa shape index (κ1) is 18.6. The van der Waals surface area contributed by atoms with Crippen molar-refractivity contribution in [2.75, 3.05) is 44.2 Å². The molecule has 1 aromatic heterocycles. The molecule has 0 unspecified atom stereocenters. The first-order valence-corrected chi connectivity index (χ1v) is 11.0. The number of aromatic nitrogens is 2. The maximum absolute atomic E-state index is 12.9. The van der Waals surface area contributed by atoms with Gasteiger partial charge in [0.05, 0.1) is 0 Å². The molecule has 3 aliphatic rings. The Labute approximate surface area is 172 Å². The average molecular weight is 392 g/mol. The first-order valence-electron chi connectivity index (χ1n) is 11.0. The van der Waals surface area contributed by atoms with Gasteiger partial charge in [-0.1, -0.05) is 30.3 Å². The number of amides is 1. The number of fused-ring (bicyclic) bond motifs is 1. The van der Waals surface area contributed by atoms with Crippen LogP contribution in [0.5, 0.6) is 0 Å². The fourth-order valence-electron chi connectivity index (χ4n) is 4.87. The normalized spacial score (nSPS) is 20.0. The fraction of sp³-hybridized carbons (Fsp3) is 0.522. The maximum atomic E-state index is 12.9. The second-order valence-electron chi connectivity index (χ2n) is 8.35. The van der Waals surface area contributed by atoms with E-state index < -0.39 is 0 Å². The van der Waals surface area contributed by atoms with E-state index >= 15 is 0 Å². The van der Waals surface area contributed by atoms with E-state index in [0.717, 1.165) is 88.6 Å². The zero-order chi connectivity index (χ0) is 19.6. The molecule has 0 spiro atoms. The lowest BCUT2D eigenvalue weighted by Crippen LogP contribution is -2.50. The third kappa shape index (κ3) is 3.73. The van der Waals surface area contributed by atoms with E-state index in [2.05, 4.69) is 22.3 Å². The highest BCUT2D eigenvalue weighted by Crippen LogP contribution is 2.33. The SMILES string of the molecule is O=C(C1CCN(c2nc(-c3ccccc3)nc3c2CCC3)CC1)N1CCNCC1. The highest BCUT2D eigenvalue weighted by atomic mass is 16.2. The van der Waals surface area contributed by atoms with Gasteiger partial charge >= 0.3 is 0 Å². The summed E-state index contributed by atoms with van der Waals surface area (Å²) in [6, 6.07) is 10.3. The number of piperazine rings is 1. The number of carbonyl (C=O) groups excluding carboxylic acids is 1. The number of nitrogens with zero attached hydrogens (tertiary/aromatic N) is 4. The molecule has 6 nitrogen and oxygen atoms in total. The molecule has 6 heteroatoms. The van der Waals surface area contributed by atoms with E-state index in [0.29, 0.717) is 5.91 Å². The number of carbonyl (C=O) groups is 1. The lowest BCUT2D eigenvalue weighted by atomic mass is 9.94. The van der Waals surface area contributed by atoms with Crippen molar-refractivity contribution in [2.45, 2.75) is 32.1 Å². The van der Waals surface area contributed by atoms with Crippen LogP contribution in [0.2, 0.25) is 0 Å². The van der Waals surface area contributed by atoms with Gasteiger partial charge in [0.2, 0.25) is 5.91 Å². The molecule has 3 heterocycles.